The summed E-state index contributed by atoms with van der Waals surface area (Å²) in [5.74, 6) is -1.82. The molecule has 7 heteroatoms. The third kappa shape index (κ3) is 3.97. The van der Waals surface area contributed by atoms with Gasteiger partial charge in [-0.3, -0.25) is 9.59 Å². The van der Waals surface area contributed by atoms with Gasteiger partial charge in [-0.2, -0.15) is 13.2 Å². The first-order valence-electron chi connectivity index (χ1n) is 5.34. The molecule has 104 valence electrons. The van der Waals surface area contributed by atoms with Crippen LogP contribution in [0.15, 0.2) is 18.2 Å². The van der Waals surface area contributed by atoms with Crippen molar-refractivity contribution in [1.29, 1.82) is 0 Å². The lowest BCUT2D eigenvalue weighted by atomic mass is 10.1. The summed E-state index contributed by atoms with van der Waals surface area (Å²) in [5, 5.41) is 0. The van der Waals surface area contributed by atoms with Crippen LogP contribution in [0.2, 0.25) is 0 Å². The standard InChI is InChI=1S/C12H12F3NO3/c1-7(11(16)18)6-19-10-3-2-8(5-17)4-9(10)12(13,14)15/h2-5,7H,6H2,1H3,(H2,16,18). The lowest BCUT2D eigenvalue weighted by Crippen LogP contribution is -2.26. The Kier molecular flexibility index (Phi) is 4.52. The first-order chi connectivity index (χ1) is 8.75. The second kappa shape index (κ2) is 5.73. The summed E-state index contributed by atoms with van der Waals surface area (Å²) in [4.78, 5) is 21.3. The van der Waals surface area contributed by atoms with Gasteiger partial charge < -0.3 is 10.5 Å². The van der Waals surface area contributed by atoms with E-state index in [1.807, 2.05) is 0 Å². The maximum absolute atomic E-state index is 12.8. The van der Waals surface area contributed by atoms with Gasteiger partial charge in [-0.1, -0.05) is 6.92 Å². The highest BCUT2D eigenvalue weighted by molar-refractivity contribution is 5.76. The number of carbonyl (C=O) groups excluding carboxylic acids is 2. The zero-order valence-corrected chi connectivity index (χ0v) is 10.0. The van der Waals surface area contributed by atoms with Crippen LogP contribution in [0.4, 0.5) is 13.2 Å². The topological polar surface area (TPSA) is 69.4 Å². The van der Waals surface area contributed by atoms with Crippen LogP contribution in [0.5, 0.6) is 5.75 Å². The second-order valence-electron chi connectivity index (χ2n) is 3.99. The van der Waals surface area contributed by atoms with E-state index in [0.717, 1.165) is 6.07 Å². The molecule has 4 nitrogen and oxygen atoms in total. The first kappa shape index (κ1) is 15.0. The van der Waals surface area contributed by atoms with Crippen LogP contribution in [0.3, 0.4) is 0 Å². The molecule has 0 heterocycles. The van der Waals surface area contributed by atoms with Crippen molar-refractivity contribution in [2.75, 3.05) is 6.61 Å². The number of nitrogens with two attached hydrogens (primary N) is 1. The minimum atomic E-state index is -4.65. The van der Waals surface area contributed by atoms with E-state index in [9.17, 15) is 22.8 Å². The minimum absolute atomic E-state index is 0.109. The molecular formula is C12H12F3NO3. The number of benzene rings is 1. The number of primary amides is 1. The molecule has 1 aromatic rings. The summed E-state index contributed by atoms with van der Waals surface area (Å²) in [6, 6.07) is 2.93. The van der Waals surface area contributed by atoms with Crippen molar-refractivity contribution in [3.05, 3.63) is 29.3 Å². The Morgan fingerprint density at radius 1 is 1.47 bits per heavy atom. The average Bonchev–Trinajstić information content (AvgIpc) is 2.34. The Labute approximate surface area is 107 Å². The van der Waals surface area contributed by atoms with E-state index in [1.54, 1.807) is 0 Å². The Morgan fingerprint density at radius 3 is 2.58 bits per heavy atom. The number of hydrogen-bond donors (Lipinski definition) is 1. The lowest BCUT2D eigenvalue weighted by molar-refractivity contribution is -0.139. The fourth-order valence-corrected chi connectivity index (χ4v) is 1.27. The Hall–Kier alpha value is -2.05. The second-order valence-corrected chi connectivity index (χ2v) is 3.99. The summed E-state index contributed by atoms with van der Waals surface area (Å²) in [7, 11) is 0. The Balaban J connectivity index is 3.00. The summed E-state index contributed by atoms with van der Waals surface area (Å²) in [5.41, 5.74) is 3.81. The van der Waals surface area contributed by atoms with Crippen LogP contribution in [0.25, 0.3) is 0 Å². The number of halogens is 3. The molecule has 1 rings (SSSR count). The SMILES string of the molecule is CC(COc1ccc(C=O)cc1C(F)(F)F)C(N)=O. The molecule has 0 aliphatic rings. The number of carbonyl (C=O) groups is 2. The molecule has 1 amide bonds. The number of amides is 1. The van der Waals surface area contributed by atoms with E-state index < -0.39 is 29.3 Å². The van der Waals surface area contributed by atoms with Crippen LogP contribution in [0, 0.1) is 5.92 Å². The summed E-state index contributed by atoms with van der Waals surface area (Å²) < 4.78 is 43.2. The van der Waals surface area contributed by atoms with Gasteiger partial charge in [0.15, 0.2) is 0 Å². The highest BCUT2D eigenvalue weighted by Crippen LogP contribution is 2.36. The van der Waals surface area contributed by atoms with E-state index in [0.29, 0.717) is 12.4 Å². The molecule has 0 aliphatic heterocycles. The predicted molar refractivity (Wildman–Crippen MR) is 60.7 cm³/mol. The molecule has 0 spiro atoms. The molecule has 0 bridgehead atoms. The Bertz CT molecular complexity index is 486. The van der Waals surface area contributed by atoms with Gasteiger partial charge in [-0.25, -0.2) is 0 Å². The molecule has 2 N–H and O–H groups in total. The maximum Gasteiger partial charge on any atom is 0.419 e. The van der Waals surface area contributed by atoms with E-state index in [1.165, 1.54) is 13.0 Å². The van der Waals surface area contributed by atoms with E-state index >= 15 is 0 Å². The van der Waals surface area contributed by atoms with Crippen molar-refractivity contribution in [3.8, 4) is 5.75 Å². The fourth-order valence-electron chi connectivity index (χ4n) is 1.27. The molecule has 0 aliphatic carbocycles. The highest BCUT2D eigenvalue weighted by atomic mass is 19.4. The smallest absolute Gasteiger partial charge is 0.419 e. The van der Waals surface area contributed by atoms with Gasteiger partial charge >= 0.3 is 6.18 Å². The molecule has 1 atom stereocenters. The van der Waals surface area contributed by atoms with Gasteiger partial charge in [0.25, 0.3) is 0 Å². The van der Waals surface area contributed by atoms with Gasteiger partial charge in [-0.05, 0) is 18.2 Å². The largest absolute Gasteiger partial charge is 0.492 e. The van der Waals surface area contributed by atoms with Crippen LogP contribution in [0.1, 0.15) is 22.8 Å². The third-order valence-electron chi connectivity index (χ3n) is 2.42. The Morgan fingerprint density at radius 2 is 2.11 bits per heavy atom. The molecule has 19 heavy (non-hydrogen) atoms. The quantitative estimate of drug-likeness (QED) is 0.836. The molecular weight excluding hydrogens is 263 g/mol. The van der Waals surface area contributed by atoms with Crippen molar-refractivity contribution in [1.82, 2.24) is 0 Å². The van der Waals surface area contributed by atoms with Crippen LogP contribution < -0.4 is 10.5 Å². The maximum atomic E-state index is 12.8. The molecule has 0 fully saturated rings. The van der Waals surface area contributed by atoms with Gasteiger partial charge in [0, 0.05) is 5.56 Å². The summed E-state index contributed by atoms with van der Waals surface area (Å²) in [6.07, 6.45) is -4.34. The third-order valence-corrected chi connectivity index (χ3v) is 2.42. The van der Waals surface area contributed by atoms with Crippen molar-refractivity contribution >= 4 is 12.2 Å². The zero-order chi connectivity index (χ0) is 14.6. The van der Waals surface area contributed by atoms with Crippen molar-refractivity contribution in [2.45, 2.75) is 13.1 Å². The molecule has 0 radical (unpaired) electrons. The number of rotatable bonds is 5. The summed E-state index contributed by atoms with van der Waals surface area (Å²) in [6.45, 7) is 1.17. The van der Waals surface area contributed by atoms with Gasteiger partial charge in [-0.15, -0.1) is 0 Å². The number of alkyl halides is 3. The predicted octanol–water partition coefficient (Wildman–Crippen LogP) is 2.02. The molecule has 0 saturated carbocycles. The number of hydrogen-bond acceptors (Lipinski definition) is 3. The molecule has 0 saturated heterocycles. The van der Waals surface area contributed by atoms with Gasteiger partial charge in [0.1, 0.15) is 12.0 Å². The van der Waals surface area contributed by atoms with Crippen molar-refractivity contribution in [2.24, 2.45) is 11.7 Å². The van der Waals surface area contributed by atoms with Gasteiger partial charge in [0.05, 0.1) is 18.1 Å². The van der Waals surface area contributed by atoms with E-state index in [-0.39, 0.29) is 12.2 Å². The van der Waals surface area contributed by atoms with Crippen LogP contribution >= 0.6 is 0 Å². The minimum Gasteiger partial charge on any atom is -0.492 e. The molecule has 1 unspecified atom stereocenters. The number of aldehydes is 1. The van der Waals surface area contributed by atoms with Crippen LogP contribution in [-0.4, -0.2) is 18.8 Å². The van der Waals surface area contributed by atoms with Crippen LogP contribution in [-0.2, 0) is 11.0 Å². The zero-order valence-electron chi connectivity index (χ0n) is 10.0. The number of ether oxygens (including phenoxy) is 1. The first-order valence-corrected chi connectivity index (χ1v) is 5.34. The lowest BCUT2D eigenvalue weighted by Gasteiger charge is -2.15. The average molecular weight is 275 g/mol. The van der Waals surface area contributed by atoms with Gasteiger partial charge in [0.2, 0.25) is 5.91 Å². The van der Waals surface area contributed by atoms with E-state index in [4.69, 9.17) is 10.5 Å². The van der Waals surface area contributed by atoms with Crippen molar-refractivity contribution in [3.63, 3.8) is 0 Å². The summed E-state index contributed by atoms with van der Waals surface area (Å²) >= 11 is 0. The normalized spacial score (nSPS) is 12.8. The fraction of sp³-hybridized carbons (Fsp3) is 0.333. The van der Waals surface area contributed by atoms with E-state index in [2.05, 4.69) is 0 Å². The highest BCUT2D eigenvalue weighted by Gasteiger charge is 2.34. The monoisotopic (exact) mass is 275 g/mol. The molecule has 0 aromatic heterocycles. The van der Waals surface area contributed by atoms with Crippen molar-refractivity contribution < 1.29 is 27.5 Å². The molecule has 1 aromatic carbocycles.